The van der Waals surface area contributed by atoms with Gasteiger partial charge in [-0.25, -0.2) is 0 Å². The second-order valence-corrected chi connectivity index (χ2v) is 4.60. The lowest BCUT2D eigenvalue weighted by Crippen LogP contribution is -2.17. The maximum atomic E-state index is 12.9. The van der Waals surface area contributed by atoms with Gasteiger partial charge in [-0.1, -0.05) is 0 Å². The van der Waals surface area contributed by atoms with Gasteiger partial charge in [-0.2, -0.15) is 13.2 Å². The van der Waals surface area contributed by atoms with Crippen molar-refractivity contribution in [2.24, 2.45) is 11.7 Å². The number of hydrogen-bond acceptors (Lipinski definition) is 3. The summed E-state index contributed by atoms with van der Waals surface area (Å²) in [4.78, 5) is 22.3. The number of amides is 1. The molecule has 1 aliphatic rings. The van der Waals surface area contributed by atoms with Crippen LogP contribution in [0.4, 0.5) is 13.2 Å². The number of halogens is 3. The van der Waals surface area contributed by atoms with E-state index >= 15 is 0 Å². The summed E-state index contributed by atoms with van der Waals surface area (Å²) in [6.07, 6.45) is -3.17. The van der Waals surface area contributed by atoms with Crippen molar-refractivity contribution >= 4 is 11.7 Å². The van der Waals surface area contributed by atoms with E-state index in [4.69, 9.17) is 10.5 Å². The Bertz CT molecular complexity index is 550. The Hall–Kier alpha value is -2.05. The average molecular weight is 287 g/mol. The number of benzene rings is 1. The zero-order valence-electron chi connectivity index (χ0n) is 10.4. The quantitative estimate of drug-likeness (QED) is 0.902. The third-order valence-electron chi connectivity index (χ3n) is 2.97. The van der Waals surface area contributed by atoms with Crippen molar-refractivity contribution < 1.29 is 27.5 Å². The predicted molar refractivity (Wildman–Crippen MR) is 63.2 cm³/mol. The van der Waals surface area contributed by atoms with Crippen LogP contribution in [0.3, 0.4) is 0 Å². The van der Waals surface area contributed by atoms with Crippen LogP contribution < -0.4 is 10.5 Å². The van der Waals surface area contributed by atoms with Gasteiger partial charge >= 0.3 is 6.18 Å². The van der Waals surface area contributed by atoms with E-state index in [-0.39, 0.29) is 17.3 Å². The van der Waals surface area contributed by atoms with Gasteiger partial charge in [0.2, 0.25) is 5.91 Å². The molecule has 0 aliphatic heterocycles. The molecule has 0 heterocycles. The van der Waals surface area contributed by atoms with Gasteiger partial charge in [0.15, 0.2) is 5.78 Å². The summed E-state index contributed by atoms with van der Waals surface area (Å²) in [6, 6.07) is 2.76. The highest BCUT2D eigenvalue weighted by atomic mass is 19.4. The van der Waals surface area contributed by atoms with Gasteiger partial charge < -0.3 is 10.5 Å². The van der Waals surface area contributed by atoms with E-state index in [1.165, 1.54) is 0 Å². The minimum atomic E-state index is -4.69. The molecule has 1 aromatic carbocycles. The molecule has 7 heteroatoms. The number of primary amides is 1. The number of carbonyl (C=O) groups is 2. The first-order valence-corrected chi connectivity index (χ1v) is 5.95. The fourth-order valence-corrected chi connectivity index (χ4v) is 1.70. The van der Waals surface area contributed by atoms with Gasteiger partial charge in [0.05, 0.1) is 5.56 Å². The lowest BCUT2D eigenvalue weighted by Gasteiger charge is -2.14. The first-order chi connectivity index (χ1) is 9.29. The van der Waals surface area contributed by atoms with Crippen LogP contribution in [-0.4, -0.2) is 18.3 Å². The summed E-state index contributed by atoms with van der Waals surface area (Å²) in [5, 5.41) is 0. The SMILES string of the molecule is NC(=O)c1ccc(OCC(=O)C2CC2)c(C(F)(F)F)c1. The number of alkyl halides is 3. The molecule has 1 fully saturated rings. The summed E-state index contributed by atoms with van der Waals surface area (Å²) in [5.74, 6) is -1.74. The number of ether oxygens (including phenoxy) is 1. The molecule has 0 saturated heterocycles. The van der Waals surface area contributed by atoms with Gasteiger partial charge in [0, 0.05) is 11.5 Å². The monoisotopic (exact) mass is 287 g/mol. The standard InChI is InChI=1S/C13H12F3NO3/c14-13(15,16)9-5-8(12(17)19)3-4-11(9)20-6-10(18)7-1-2-7/h3-5,7H,1-2,6H2,(H2,17,19). The van der Waals surface area contributed by atoms with E-state index in [9.17, 15) is 22.8 Å². The van der Waals surface area contributed by atoms with Crippen LogP contribution in [0.1, 0.15) is 28.8 Å². The molecule has 2 N–H and O–H groups in total. The maximum Gasteiger partial charge on any atom is 0.419 e. The number of nitrogens with two attached hydrogens (primary N) is 1. The highest BCUT2D eigenvalue weighted by Crippen LogP contribution is 2.37. The first kappa shape index (κ1) is 14.4. The highest BCUT2D eigenvalue weighted by molar-refractivity contribution is 5.93. The van der Waals surface area contributed by atoms with Crippen LogP contribution in [0.5, 0.6) is 5.75 Å². The highest BCUT2D eigenvalue weighted by Gasteiger charge is 2.36. The number of hydrogen-bond donors (Lipinski definition) is 1. The number of rotatable bonds is 5. The molecule has 1 amide bonds. The zero-order valence-corrected chi connectivity index (χ0v) is 10.4. The summed E-state index contributed by atoms with van der Waals surface area (Å²) >= 11 is 0. The van der Waals surface area contributed by atoms with E-state index in [2.05, 4.69) is 0 Å². The second kappa shape index (κ2) is 5.15. The molecule has 0 atom stereocenters. The molecule has 108 valence electrons. The zero-order chi connectivity index (χ0) is 14.9. The average Bonchev–Trinajstić information content (AvgIpc) is 3.18. The number of ketones is 1. The number of carbonyl (C=O) groups excluding carboxylic acids is 2. The molecule has 0 radical (unpaired) electrons. The van der Waals surface area contributed by atoms with Crippen LogP contribution in [-0.2, 0) is 11.0 Å². The van der Waals surface area contributed by atoms with Crippen molar-refractivity contribution in [2.45, 2.75) is 19.0 Å². The van der Waals surface area contributed by atoms with Crippen molar-refractivity contribution in [2.75, 3.05) is 6.61 Å². The molecule has 20 heavy (non-hydrogen) atoms. The van der Waals surface area contributed by atoms with Crippen LogP contribution >= 0.6 is 0 Å². The van der Waals surface area contributed by atoms with E-state index in [1.807, 2.05) is 0 Å². The van der Waals surface area contributed by atoms with Crippen LogP contribution in [0, 0.1) is 5.92 Å². The Morgan fingerprint density at radius 1 is 1.30 bits per heavy atom. The third-order valence-corrected chi connectivity index (χ3v) is 2.97. The fourth-order valence-electron chi connectivity index (χ4n) is 1.70. The molecule has 1 aromatic rings. The topological polar surface area (TPSA) is 69.4 Å². The molecule has 1 aliphatic carbocycles. The molecule has 2 rings (SSSR count). The summed E-state index contributed by atoms with van der Waals surface area (Å²) in [6.45, 7) is -0.399. The molecule has 0 unspecified atom stereocenters. The van der Waals surface area contributed by atoms with Gasteiger partial charge in [0.25, 0.3) is 0 Å². The molecule has 1 saturated carbocycles. The maximum absolute atomic E-state index is 12.9. The minimum Gasteiger partial charge on any atom is -0.485 e. The molecular formula is C13H12F3NO3. The first-order valence-electron chi connectivity index (χ1n) is 5.95. The lowest BCUT2D eigenvalue weighted by molar-refractivity contribution is -0.139. The van der Waals surface area contributed by atoms with Gasteiger partial charge in [-0.15, -0.1) is 0 Å². The largest absolute Gasteiger partial charge is 0.485 e. The molecule has 4 nitrogen and oxygen atoms in total. The normalized spacial score (nSPS) is 14.9. The fraction of sp³-hybridized carbons (Fsp3) is 0.385. The van der Waals surface area contributed by atoms with Crippen molar-refractivity contribution in [1.29, 1.82) is 0 Å². The second-order valence-electron chi connectivity index (χ2n) is 4.60. The van der Waals surface area contributed by atoms with Crippen molar-refractivity contribution in [1.82, 2.24) is 0 Å². The Labute approximate surface area is 112 Å². The number of Topliss-reactive ketones (excluding diaryl/α,β-unsaturated/α-hetero) is 1. The smallest absolute Gasteiger partial charge is 0.419 e. The van der Waals surface area contributed by atoms with E-state index in [0.717, 1.165) is 25.0 Å². The van der Waals surface area contributed by atoms with Crippen molar-refractivity contribution in [3.05, 3.63) is 29.3 Å². The summed E-state index contributed by atoms with van der Waals surface area (Å²) in [5.41, 5.74) is 3.57. The van der Waals surface area contributed by atoms with Crippen molar-refractivity contribution in [3.8, 4) is 5.75 Å². The van der Waals surface area contributed by atoms with E-state index < -0.39 is 30.0 Å². The van der Waals surface area contributed by atoms with Gasteiger partial charge in [-0.3, -0.25) is 9.59 Å². The van der Waals surface area contributed by atoms with Gasteiger partial charge in [-0.05, 0) is 31.0 Å². The predicted octanol–water partition coefficient (Wildman–Crippen LogP) is 2.16. The minimum absolute atomic E-state index is 0.0887. The van der Waals surface area contributed by atoms with Crippen molar-refractivity contribution in [3.63, 3.8) is 0 Å². The Kier molecular flexibility index (Phi) is 3.69. The Morgan fingerprint density at radius 3 is 2.45 bits per heavy atom. The van der Waals surface area contributed by atoms with Crippen LogP contribution in [0.25, 0.3) is 0 Å². The molecule has 0 spiro atoms. The lowest BCUT2D eigenvalue weighted by atomic mass is 10.1. The summed E-state index contributed by atoms with van der Waals surface area (Å²) < 4.78 is 43.6. The van der Waals surface area contributed by atoms with Crippen LogP contribution in [0.15, 0.2) is 18.2 Å². The van der Waals surface area contributed by atoms with E-state index in [0.29, 0.717) is 6.07 Å². The van der Waals surface area contributed by atoms with E-state index in [1.54, 1.807) is 0 Å². The third kappa shape index (κ3) is 3.28. The Balaban J connectivity index is 2.21. The molecule has 0 bridgehead atoms. The Morgan fingerprint density at radius 2 is 1.95 bits per heavy atom. The molecular weight excluding hydrogens is 275 g/mol. The summed E-state index contributed by atoms with van der Waals surface area (Å²) in [7, 11) is 0. The van der Waals surface area contributed by atoms with Gasteiger partial charge in [0.1, 0.15) is 12.4 Å². The molecule has 0 aromatic heterocycles. The van der Waals surface area contributed by atoms with Crippen LogP contribution in [0.2, 0.25) is 0 Å².